The summed E-state index contributed by atoms with van der Waals surface area (Å²) in [5.74, 6) is 0.940. The SMILES string of the molecule is CC(COc1ccc(Br)cc1)N1CCNCC1. The molecule has 4 heteroatoms. The number of piperazine rings is 1. The molecule has 94 valence electrons. The van der Waals surface area contributed by atoms with Crippen LogP contribution in [0, 0.1) is 0 Å². The Morgan fingerprint density at radius 2 is 1.94 bits per heavy atom. The largest absolute Gasteiger partial charge is 0.492 e. The average molecular weight is 299 g/mol. The lowest BCUT2D eigenvalue weighted by Gasteiger charge is -2.32. The van der Waals surface area contributed by atoms with Crippen LogP contribution < -0.4 is 10.1 Å². The predicted molar refractivity (Wildman–Crippen MR) is 73.5 cm³/mol. The number of nitrogens with one attached hydrogen (secondary N) is 1. The van der Waals surface area contributed by atoms with Gasteiger partial charge in [-0.25, -0.2) is 0 Å². The van der Waals surface area contributed by atoms with Crippen molar-refractivity contribution < 1.29 is 4.74 Å². The average Bonchev–Trinajstić information content (AvgIpc) is 2.39. The second kappa shape index (κ2) is 6.38. The minimum Gasteiger partial charge on any atom is -0.492 e. The molecule has 1 unspecified atom stereocenters. The van der Waals surface area contributed by atoms with Gasteiger partial charge in [-0.15, -0.1) is 0 Å². The third-order valence-electron chi connectivity index (χ3n) is 3.08. The molecule has 0 aliphatic carbocycles. The fourth-order valence-electron chi connectivity index (χ4n) is 1.98. The Morgan fingerprint density at radius 3 is 2.59 bits per heavy atom. The number of nitrogens with zero attached hydrogens (tertiary/aromatic N) is 1. The number of rotatable bonds is 4. The van der Waals surface area contributed by atoms with Crippen LogP contribution in [-0.2, 0) is 0 Å². The van der Waals surface area contributed by atoms with Crippen LogP contribution in [0.25, 0.3) is 0 Å². The summed E-state index contributed by atoms with van der Waals surface area (Å²) < 4.78 is 6.88. The van der Waals surface area contributed by atoms with Gasteiger partial charge in [0.1, 0.15) is 12.4 Å². The third-order valence-corrected chi connectivity index (χ3v) is 3.61. The van der Waals surface area contributed by atoms with E-state index in [-0.39, 0.29) is 0 Å². The van der Waals surface area contributed by atoms with Crippen LogP contribution >= 0.6 is 15.9 Å². The first-order valence-electron chi connectivity index (χ1n) is 6.09. The number of hydrogen-bond donors (Lipinski definition) is 1. The van der Waals surface area contributed by atoms with Crippen molar-refractivity contribution in [1.29, 1.82) is 0 Å². The summed E-state index contributed by atoms with van der Waals surface area (Å²) in [5.41, 5.74) is 0. The third kappa shape index (κ3) is 3.98. The molecule has 1 aromatic rings. The van der Waals surface area contributed by atoms with Crippen LogP contribution in [0.4, 0.5) is 0 Å². The van der Waals surface area contributed by atoms with Crippen molar-refractivity contribution in [2.75, 3.05) is 32.8 Å². The smallest absolute Gasteiger partial charge is 0.119 e. The van der Waals surface area contributed by atoms with Crippen LogP contribution in [0.3, 0.4) is 0 Å². The number of halogens is 1. The van der Waals surface area contributed by atoms with Gasteiger partial charge in [0.05, 0.1) is 0 Å². The van der Waals surface area contributed by atoms with Gasteiger partial charge in [-0.2, -0.15) is 0 Å². The van der Waals surface area contributed by atoms with Gasteiger partial charge >= 0.3 is 0 Å². The van der Waals surface area contributed by atoms with Crippen LogP contribution in [0.2, 0.25) is 0 Å². The van der Waals surface area contributed by atoms with E-state index in [1.54, 1.807) is 0 Å². The van der Waals surface area contributed by atoms with Crippen LogP contribution in [0.5, 0.6) is 5.75 Å². The fraction of sp³-hybridized carbons (Fsp3) is 0.538. The van der Waals surface area contributed by atoms with Gasteiger partial charge in [0.2, 0.25) is 0 Å². The van der Waals surface area contributed by atoms with Crippen molar-refractivity contribution in [2.45, 2.75) is 13.0 Å². The normalized spacial score (nSPS) is 18.9. The summed E-state index contributed by atoms with van der Waals surface area (Å²) in [6.45, 7) is 7.38. The van der Waals surface area contributed by atoms with Crippen LogP contribution in [0.1, 0.15) is 6.92 Å². The molecule has 1 aromatic carbocycles. The molecule has 1 atom stereocenters. The molecular weight excluding hydrogens is 280 g/mol. The standard InChI is InChI=1S/C13H19BrN2O/c1-11(16-8-6-15-7-9-16)10-17-13-4-2-12(14)3-5-13/h2-5,11,15H,6-10H2,1H3. The molecule has 0 bridgehead atoms. The number of hydrogen-bond acceptors (Lipinski definition) is 3. The number of ether oxygens (including phenoxy) is 1. The molecule has 0 aromatic heterocycles. The van der Waals surface area contributed by atoms with Gasteiger partial charge in [-0.1, -0.05) is 15.9 Å². The molecule has 1 aliphatic heterocycles. The molecule has 1 heterocycles. The summed E-state index contributed by atoms with van der Waals surface area (Å²) >= 11 is 3.42. The highest BCUT2D eigenvalue weighted by atomic mass is 79.9. The summed E-state index contributed by atoms with van der Waals surface area (Å²) in [6, 6.07) is 8.47. The quantitative estimate of drug-likeness (QED) is 0.922. The van der Waals surface area contributed by atoms with E-state index in [9.17, 15) is 0 Å². The van der Waals surface area contributed by atoms with Crippen molar-refractivity contribution in [3.8, 4) is 5.75 Å². The molecule has 0 amide bonds. The minimum atomic E-state index is 0.473. The first-order chi connectivity index (χ1) is 8.25. The van der Waals surface area contributed by atoms with Gasteiger partial charge in [-0.3, -0.25) is 4.90 Å². The lowest BCUT2D eigenvalue weighted by molar-refractivity contribution is 0.132. The molecule has 2 rings (SSSR count). The van der Waals surface area contributed by atoms with E-state index in [4.69, 9.17) is 4.74 Å². The zero-order valence-corrected chi connectivity index (χ0v) is 11.7. The van der Waals surface area contributed by atoms with Crippen molar-refractivity contribution >= 4 is 15.9 Å². The maximum atomic E-state index is 5.79. The molecule has 0 spiro atoms. The van der Waals surface area contributed by atoms with E-state index >= 15 is 0 Å². The van der Waals surface area contributed by atoms with E-state index in [1.165, 1.54) is 0 Å². The molecule has 1 fully saturated rings. The Hall–Kier alpha value is -0.580. The second-order valence-electron chi connectivity index (χ2n) is 4.40. The fourth-order valence-corrected chi connectivity index (χ4v) is 2.24. The topological polar surface area (TPSA) is 24.5 Å². The van der Waals surface area contributed by atoms with Gasteiger partial charge < -0.3 is 10.1 Å². The summed E-state index contributed by atoms with van der Waals surface area (Å²) in [6.07, 6.45) is 0. The van der Waals surface area contributed by atoms with Crippen LogP contribution in [0.15, 0.2) is 28.7 Å². The van der Waals surface area contributed by atoms with Gasteiger partial charge in [0.25, 0.3) is 0 Å². The first kappa shape index (κ1) is 12.9. The van der Waals surface area contributed by atoms with Gasteiger partial charge in [-0.05, 0) is 31.2 Å². The monoisotopic (exact) mass is 298 g/mol. The Morgan fingerprint density at radius 1 is 1.29 bits per heavy atom. The Kier molecular flexibility index (Phi) is 4.83. The molecule has 1 aliphatic rings. The van der Waals surface area contributed by atoms with Gasteiger partial charge in [0.15, 0.2) is 0 Å². The van der Waals surface area contributed by atoms with E-state index in [1.807, 2.05) is 24.3 Å². The van der Waals surface area contributed by atoms with Crippen molar-refractivity contribution in [3.05, 3.63) is 28.7 Å². The highest BCUT2D eigenvalue weighted by Crippen LogP contribution is 2.16. The van der Waals surface area contributed by atoms with E-state index in [2.05, 4.69) is 33.1 Å². The summed E-state index contributed by atoms with van der Waals surface area (Å²) in [4.78, 5) is 2.47. The highest BCUT2D eigenvalue weighted by molar-refractivity contribution is 9.10. The first-order valence-corrected chi connectivity index (χ1v) is 6.88. The molecule has 0 saturated carbocycles. The van der Waals surface area contributed by atoms with E-state index < -0.39 is 0 Å². The second-order valence-corrected chi connectivity index (χ2v) is 5.32. The molecule has 0 radical (unpaired) electrons. The Bertz CT molecular complexity index is 336. The molecular formula is C13H19BrN2O. The maximum Gasteiger partial charge on any atom is 0.119 e. The van der Waals surface area contributed by atoms with Gasteiger partial charge in [0, 0.05) is 36.7 Å². The molecule has 1 N–H and O–H groups in total. The van der Waals surface area contributed by atoms with Crippen molar-refractivity contribution in [2.24, 2.45) is 0 Å². The summed E-state index contributed by atoms with van der Waals surface area (Å²) in [5, 5.41) is 3.36. The minimum absolute atomic E-state index is 0.473. The lowest BCUT2D eigenvalue weighted by Crippen LogP contribution is -2.49. The predicted octanol–water partition coefficient (Wildman–Crippen LogP) is 2.12. The molecule has 3 nitrogen and oxygen atoms in total. The zero-order chi connectivity index (χ0) is 12.1. The van der Waals surface area contributed by atoms with Crippen molar-refractivity contribution in [3.63, 3.8) is 0 Å². The zero-order valence-electron chi connectivity index (χ0n) is 10.2. The van der Waals surface area contributed by atoms with Crippen LogP contribution in [-0.4, -0.2) is 43.7 Å². The Balaban J connectivity index is 1.78. The number of benzene rings is 1. The molecule has 17 heavy (non-hydrogen) atoms. The highest BCUT2D eigenvalue weighted by Gasteiger charge is 2.16. The maximum absolute atomic E-state index is 5.79. The summed E-state index contributed by atoms with van der Waals surface area (Å²) in [7, 11) is 0. The van der Waals surface area contributed by atoms with E-state index in [0.717, 1.165) is 43.0 Å². The van der Waals surface area contributed by atoms with Crippen molar-refractivity contribution in [1.82, 2.24) is 10.2 Å². The molecule has 1 saturated heterocycles. The lowest BCUT2D eigenvalue weighted by atomic mass is 10.2. The van der Waals surface area contributed by atoms with E-state index in [0.29, 0.717) is 6.04 Å². The Labute approximate surface area is 111 Å².